The van der Waals surface area contributed by atoms with E-state index < -0.39 is 10.0 Å². The van der Waals surface area contributed by atoms with E-state index in [4.69, 9.17) is 16.2 Å². The van der Waals surface area contributed by atoms with E-state index in [1.807, 2.05) is 18.2 Å². The lowest BCUT2D eigenvalue weighted by Crippen LogP contribution is -2.48. The summed E-state index contributed by atoms with van der Waals surface area (Å²) in [5, 5.41) is 0. The largest absolute Gasteiger partial charge is 0.494 e. The molecule has 4 rings (SSSR count). The van der Waals surface area contributed by atoms with Gasteiger partial charge in [-0.2, -0.15) is 9.29 Å². The van der Waals surface area contributed by atoms with E-state index in [2.05, 4.69) is 19.9 Å². The maximum atomic E-state index is 11.7. The Morgan fingerprint density at radius 2 is 1.83 bits per heavy atom. The molecule has 1 aromatic carbocycles. The number of methoxy groups -OCH3 is 1. The molecule has 1 aromatic rings. The summed E-state index contributed by atoms with van der Waals surface area (Å²) < 4.78 is 32.2. The molecular weight excluding hydrogens is 396 g/mol. The Hall–Kier alpha value is -3.12. The highest BCUT2D eigenvalue weighted by atomic mass is 32.2. The number of aromatic nitrogens is 4. The van der Waals surface area contributed by atoms with Crippen LogP contribution >= 0.6 is 0 Å². The van der Waals surface area contributed by atoms with Crippen LogP contribution in [0.2, 0.25) is 0 Å². The Kier molecular flexibility index (Phi) is 4.67. The van der Waals surface area contributed by atoms with E-state index >= 15 is 0 Å². The molecule has 0 radical (unpaired) electrons. The smallest absolute Gasteiger partial charge is 0.211 e. The molecule has 1 fully saturated rings. The van der Waals surface area contributed by atoms with Gasteiger partial charge in [0.05, 0.1) is 19.1 Å². The molecule has 154 valence electrons. The van der Waals surface area contributed by atoms with Gasteiger partial charge in [-0.05, 0) is 12.1 Å². The van der Waals surface area contributed by atoms with Gasteiger partial charge in [-0.3, -0.25) is 4.57 Å². The lowest BCUT2D eigenvalue weighted by atomic mass is 10.2. The van der Waals surface area contributed by atoms with Gasteiger partial charge in [-0.15, -0.1) is 0 Å². The van der Waals surface area contributed by atoms with E-state index in [0.29, 0.717) is 49.1 Å². The van der Waals surface area contributed by atoms with Gasteiger partial charge in [0.2, 0.25) is 16.0 Å². The highest BCUT2D eigenvalue weighted by Crippen LogP contribution is 2.35. The molecule has 1 saturated heterocycles. The van der Waals surface area contributed by atoms with Gasteiger partial charge >= 0.3 is 0 Å². The average molecular weight is 418 g/mol. The number of hydrogen-bond acceptors (Lipinski definition) is 9. The van der Waals surface area contributed by atoms with Crippen LogP contribution in [0.15, 0.2) is 24.5 Å². The van der Waals surface area contributed by atoms with Crippen LogP contribution in [0.3, 0.4) is 0 Å². The fourth-order valence-corrected chi connectivity index (χ4v) is 4.33. The summed E-state index contributed by atoms with van der Waals surface area (Å²) >= 11 is 0. The molecule has 0 saturated carbocycles. The van der Waals surface area contributed by atoms with Crippen molar-refractivity contribution in [3.8, 4) is 23.0 Å². The van der Waals surface area contributed by atoms with Crippen LogP contribution < -0.4 is 21.1 Å². The molecule has 3 heterocycles. The number of imidazole rings is 1. The minimum Gasteiger partial charge on any atom is -0.494 e. The predicted octanol–water partition coefficient (Wildman–Crippen LogP) is 0.0217. The van der Waals surface area contributed by atoms with Gasteiger partial charge in [0.25, 0.3) is 0 Å². The van der Waals surface area contributed by atoms with Crippen molar-refractivity contribution < 1.29 is 13.2 Å². The molecular formula is C17H22N8O3S. The second-order valence-corrected chi connectivity index (χ2v) is 8.72. The van der Waals surface area contributed by atoms with Crippen LogP contribution in [0.5, 0.6) is 5.75 Å². The topological polar surface area (TPSA) is 145 Å². The number of nitrogen functional groups attached to an aromatic ring is 2. The van der Waals surface area contributed by atoms with E-state index in [1.54, 1.807) is 11.7 Å². The van der Waals surface area contributed by atoms with E-state index in [1.165, 1.54) is 16.9 Å². The number of ether oxygens (including phenoxy) is 1. The SMILES string of the molecule is COc1cc(N2CCN(S(C)(=O)=O)CC2)ccc1-n1c(N)nc(N)c2ncnc1-2. The lowest BCUT2D eigenvalue weighted by molar-refractivity contribution is 0.387. The highest BCUT2D eigenvalue weighted by molar-refractivity contribution is 7.88. The Morgan fingerprint density at radius 3 is 2.48 bits per heavy atom. The van der Waals surface area contributed by atoms with E-state index in [9.17, 15) is 8.42 Å². The average Bonchev–Trinajstić information content (AvgIpc) is 3.17. The van der Waals surface area contributed by atoms with Crippen LogP contribution in [-0.4, -0.2) is 71.8 Å². The molecule has 11 nitrogen and oxygen atoms in total. The summed E-state index contributed by atoms with van der Waals surface area (Å²) in [5.41, 5.74) is 14.0. The molecule has 0 bridgehead atoms. The summed E-state index contributed by atoms with van der Waals surface area (Å²) in [6, 6.07) is 5.68. The van der Waals surface area contributed by atoms with Crippen LogP contribution in [0.4, 0.5) is 17.5 Å². The molecule has 0 unspecified atom stereocenters. The minimum absolute atomic E-state index is 0.170. The monoisotopic (exact) mass is 418 g/mol. The van der Waals surface area contributed by atoms with Gasteiger partial charge < -0.3 is 21.1 Å². The Morgan fingerprint density at radius 1 is 1.10 bits per heavy atom. The molecule has 0 aliphatic carbocycles. The summed E-state index contributed by atoms with van der Waals surface area (Å²) in [6.07, 6.45) is 2.64. The summed E-state index contributed by atoms with van der Waals surface area (Å²) in [7, 11) is -1.61. The first-order chi connectivity index (χ1) is 13.8. The molecule has 3 aliphatic heterocycles. The molecule has 0 amide bonds. The van der Waals surface area contributed by atoms with E-state index in [-0.39, 0.29) is 11.8 Å². The quantitative estimate of drug-likeness (QED) is 0.599. The van der Waals surface area contributed by atoms with Gasteiger partial charge in [-0.1, -0.05) is 0 Å². The van der Waals surface area contributed by atoms with Crippen LogP contribution in [0, 0.1) is 0 Å². The van der Waals surface area contributed by atoms with Crippen molar-refractivity contribution in [2.75, 3.05) is 55.9 Å². The normalized spacial score (nSPS) is 15.7. The first kappa shape index (κ1) is 19.2. The number of nitrogens with zero attached hydrogens (tertiary/aromatic N) is 6. The Labute approximate surface area is 168 Å². The van der Waals surface area contributed by atoms with Crippen molar-refractivity contribution in [1.29, 1.82) is 0 Å². The second kappa shape index (κ2) is 7.04. The zero-order chi connectivity index (χ0) is 20.8. The van der Waals surface area contributed by atoms with E-state index in [0.717, 1.165) is 5.69 Å². The van der Waals surface area contributed by atoms with Crippen molar-refractivity contribution in [1.82, 2.24) is 23.8 Å². The molecule has 3 aliphatic rings. The first-order valence-corrected chi connectivity index (χ1v) is 10.8. The molecule has 29 heavy (non-hydrogen) atoms. The van der Waals surface area contributed by atoms with Gasteiger partial charge in [0.1, 0.15) is 12.1 Å². The second-order valence-electron chi connectivity index (χ2n) is 6.74. The lowest BCUT2D eigenvalue weighted by Gasteiger charge is -2.35. The molecule has 0 atom stereocenters. The fourth-order valence-electron chi connectivity index (χ4n) is 3.50. The van der Waals surface area contributed by atoms with Crippen molar-refractivity contribution >= 4 is 27.5 Å². The van der Waals surface area contributed by atoms with Crippen LogP contribution in [-0.2, 0) is 10.0 Å². The number of fused-ring (bicyclic) bond motifs is 1. The van der Waals surface area contributed by atoms with Crippen molar-refractivity contribution in [3.05, 3.63) is 24.5 Å². The number of benzene rings is 1. The van der Waals surface area contributed by atoms with Gasteiger partial charge in [0.15, 0.2) is 17.3 Å². The summed E-state index contributed by atoms with van der Waals surface area (Å²) in [5.74, 6) is 1.44. The van der Waals surface area contributed by atoms with Gasteiger partial charge in [-0.25, -0.2) is 18.4 Å². The number of nitrogens with two attached hydrogens (primary N) is 2. The number of rotatable bonds is 4. The summed E-state index contributed by atoms with van der Waals surface area (Å²) in [4.78, 5) is 14.7. The third kappa shape index (κ3) is 3.40. The van der Waals surface area contributed by atoms with Crippen LogP contribution in [0.25, 0.3) is 17.2 Å². The standard InChI is InChI=1S/C17H22N8O3S/c1-28-13-9-11(23-5-7-24(8-6-23)29(2,26)27)3-4-12(13)25-16-14(20-10-21-16)15(18)22-17(25)19/h3-4,9-10H,5-8,18H2,1-2H3,(H2,19,22). The van der Waals surface area contributed by atoms with Crippen molar-refractivity contribution in [2.24, 2.45) is 0 Å². The zero-order valence-electron chi connectivity index (χ0n) is 16.1. The Balaban J connectivity index is 1.68. The fraction of sp³-hybridized carbons (Fsp3) is 0.353. The highest BCUT2D eigenvalue weighted by Gasteiger charge is 2.25. The van der Waals surface area contributed by atoms with Crippen LogP contribution in [0.1, 0.15) is 0 Å². The molecule has 12 heteroatoms. The number of piperazine rings is 1. The predicted molar refractivity (Wildman–Crippen MR) is 110 cm³/mol. The maximum Gasteiger partial charge on any atom is 0.211 e. The summed E-state index contributed by atoms with van der Waals surface area (Å²) in [6.45, 7) is 2.06. The van der Waals surface area contributed by atoms with Crippen molar-refractivity contribution in [3.63, 3.8) is 0 Å². The molecule has 0 aromatic heterocycles. The molecule has 0 spiro atoms. The minimum atomic E-state index is -3.18. The third-order valence-electron chi connectivity index (χ3n) is 4.97. The zero-order valence-corrected chi connectivity index (χ0v) is 16.9. The number of sulfonamides is 1. The number of anilines is 3. The van der Waals surface area contributed by atoms with Crippen molar-refractivity contribution in [2.45, 2.75) is 0 Å². The first-order valence-electron chi connectivity index (χ1n) is 8.92. The third-order valence-corrected chi connectivity index (χ3v) is 6.28. The molecule has 4 N–H and O–H groups in total. The Bertz CT molecular complexity index is 1120. The number of hydrogen-bond donors (Lipinski definition) is 2. The van der Waals surface area contributed by atoms with Gasteiger partial charge in [0, 0.05) is 37.9 Å². The maximum absolute atomic E-state index is 11.7.